The number of hydrogen-bond donors (Lipinski definition) is 1. The minimum Gasteiger partial charge on any atom is -0.314 e. The number of pyridine rings is 1. The molecule has 0 bridgehead atoms. The van der Waals surface area contributed by atoms with Crippen molar-refractivity contribution >= 4 is 23.4 Å². The lowest BCUT2D eigenvalue weighted by molar-refractivity contribution is 0.170. The normalized spacial score (nSPS) is 22.6. The van der Waals surface area contributed by atoms with Crippen molar-refractivity contribution in [2.75, 3.05) is 39.3 Å². The van der Waals surface area contributed by atoms with E-state index in [4.69, 9.17) is 0 Å². The maximum atomic E-state index is 4.67. The summed E-state index contributed by atoms with van der Waals surface area (Å²) in [6.45, 7) is 12.3. The van der Waals surface area contributed by atoms with Crippen molar-refractivity contribution in [3.8, 4) is 0 Å². The number of halogens is 1. The van der Waals surface area contributed by atoms with E-state index in [2.05, 4.69) is 45.1 Å². The van der Waals surface area contributed by atoms with E-state index in [-0.39, 0.29) is 12.4 Å². The van der Waals surface area contributed by atoms with Crippen LogP contribution in [0.4, 0.5) is 0 Å². The second kappa shape index (κ2) is 7.99. The SMILES string of the molecule is CC(C)n1ncc2cc(CN3CCC(N4CCNCC4)C3)cnc21.Cl. The van der Waals surface area contributed by atoms with Crippen molar-refractivity contribution in [3.05, 3.63) is 24.0 Å². The predicted octanol–water partition coefficient (Wildman–Crippen LogP) is 1.91. The second-order valence-electron chi connectivity index (χ2n) is 7.40. The van der Waals surface area contributed by atoms with Crippen LogP contribution in [-0.4, -0.2) is 69.9 Å². The van der Waals surface area contributed by atoms with E-state index in [1.165, 1.54) is 38.2 Å². The molecule has 2 aromatic rings. The third-order valence-corrected chi connectivity index (χ3v) is 5.30. The summed E-state index contributed by atoms with van der Waals surface area (Å²) >= 11 is 0. The van der Waals surface area contributed by atoms with E-state index >= 15 is 0 Å². The molecular weight excluding hydrogens is 336 g/mol. The number of nitrogens with one attached hydrogen (secondary N) is 1. The van der Waals surface area contributed by atoms with Crippen molar-refractivity contribution in [1.29, 1.82) is 0 Å². The first-order valence-corrected chi connectivity index (χ1v) is 9.20. The quantitative estimate of drug-likeness (QED) is 0.898. The summed E-state index contributed by atoms with van der Waals surface area (Å²) in [6, 6.07) is 3.33. The van der Waals surface area contributed by atoms with Gasteiger partial charge in [-0.05, 0) is 31.9 Å². The lowest BCUT2D eigenvalue weighted by Gasteiger charge is -2.32. The van der Waals surface area contributed by atoms with Gasteiger partial charge in [0.2, 0.25) is 0 Å². The molecule has 6 nitrogen and oxygen atoms in total. The molecule has 0 radical (unpaired) electrons. The molecular formula is C18H29ClN6. The first kappa shape index (κ1) is 18.6. The highest BCUT2D eigenvalue weighted by atomic mass is 35.5. The fourth-order valence-corrected chi connectivity index (χ4v) is 4.01. The molecule has 1 N–H and O–H groups in total. The Kier molecular flexibility index (Phi) is 5.94. The molecule has 1 atom stereocenters. The number of fused-ring (bicyclic) bond motifs is 1. The zero-order chi connectivity index (χ0) is 16.5. The summed E-state index contributed by atoms with van der Waals surface area (Å²) in [4.78, 5) is 9.90. The van der Waals surface area contributed by atoms with Crippen LogP contribution >= 0.6 is 12.4 Å². The first-order chi connectivity index (χ1) is 11.7. The smallest absolute Gasteiger partial charge is 0.157 e. The van der Waals surface area contributed by atoms with Gasteiger partial charge in [-0.3, -0.25) is 9.80 Å². The van der Waals surface area contributed by atoms with Gasteiger partial charge < -0.3 is 5.32 Å². The highest BCUT2D eigenvalue weighted by molar-refractivity contribution is 5.85. The molecule has 0 saturated carbocycles. The van der Waals surface area contributed by atoms with E-state index in [1.807, 2.05) is 17.1 Å². The third kappa shape index (κ3) is 3.97. The van der Waals surface area contributed by atoms with Gasteiger partial charge in [0.1, 0.15) is 0 Å². The summed E-state index contributed by atoms with van der Waals surface area (Å²) in [5.74, 6) is 0. The van der Waals surface area contributed by atoms with Gasteiger partial charge >= 0.3 is 0 Å². The largest absolute Gasteiger partial charge is 0.314 e. The maximum absolute atomic E-state index is 4.67. The van der Waals surface area contributed by atoms with Crippen LogP contribution in [0.2, 0.25) is 0 Å². The zero-order valence-corrected chi connectivity index (χ0v) is 16.0. The highest BCUT2D eigenvalue weighted by Gasteiger charge is 2.28. The van der Waals surface area contributed by atoms with Crippen LogP contribution in [0.25, 0.3) is 11.0 Å². The number of hydrogen-bond acceptors (Lipinski definition) is 5. The molecule has 1 unspecified atom stereocenters. The van der Waals surface area contributed by atoms with Crippen LogP contribution in [-0.2, 0) is 6.54 Å². The minimum absolute atomic E-state index is 0. The van der Waals surface area contributed by atoms with Gasteiger partial charge in [0.05, 0.1) is 6.20 Å². The molecule has 2 fully saturated rings. The molecule has 4 heterocycles. The topological polar surface area (TPSA) is 49.2 Å². The summed E-state index contributed by atoms with van der Waals surface area (Å²) in [5, 5.41) is 9.07. The molecule has 2 aliphatic rings. The summed E-state index contributed by atoms with van der Waals surface area (Å²) in [6.07, 6.45) is 5.27. The Morgan fingerprint density at radius 2 is 2.00 bits per heavy atom. The van der Waals surface area contributed by atoms with Gasteiger partial charge in [0.25, 0.3) is 0 Å². The lowest BCUT2D eigenvalue weighted by atomic mass is 10.2. The first-order valence-electron chi connectivity index (χ1n) is 9.20. The van der Waals surface area contributed by atoms with Crippen LogP contribution in [0.3, 0.4) is 0 Å². The van der Waals surface area contributed by atoms with Gasteiger partial charge in [-0.1, -0.05) is 0 Å². The van der Waals surface area contributed by atoms with Gasteiger partial charge in [0.15, 0.2) is 5.65 Å². The van der Waals surface area contributed by atoms with Crippen molar-refractivity contribution < 1.29 is 0 Å². The molecule has 7 heteroatoms. The van der Waals surface area contributed by atoms with Crippen LogP contribution in [0.5, 0.6) is 0 Å². The Morgan fingerprint density at radius 3 is 2.76 bits per heavy atom. The third-order valence-electron chi connectivity index (χ3n) is 5.30. The molecule has 0 aliphatic carbocycles. The minimum atomic E-state index is 0. The standard InChI is InChI=1S/C18H28N6.ClH/c1-14(2)24-18-16(11-21-24)9-15(10-20-18)12-22-6-3-17(13-22)23-7-4-19-5-8-23;/h9-11,14,17,19H,3-8,12-13H2,1-2H3;1H. The molecule has 2 aliphatic heterocycles. The van der Waals surface area contributed by atoms with E-state index < -0.39 is 0 Å². The van der Waals surface area contributed by atoms with E-state index in [0.29, 0.717) is 6.04 Å². The highest BCUT2D eigenvalue weighted by Crippen LogP contribution is 2.21. The lowest BCUT2D eigenvalue weighted by Crippen LogP contribution is -2.49. The fourth-order valence-electron chi connectivity index (χ4n) is 4.01. The van der Waals surface area contributed by atoms with Crippen molar-refractivity contribution in [3.63, 3.8) is 0 Å². The predicted molar refractivity (Wildman–Crippen MR) is 103 cm³/mol. The number of aromatic nitrogens is 3. The molecule has 25 heavy (non-hydrogen) atoms. The Morgan fingerprint density at radius 1 is 1.20 bits per heavy atom. The van der Waals surface area contributed by atoms with Crippen molar-refractivity contribution in [2.45, 2.75) is 38.9 Å². The Balaban J connectivity index is 0.00000182. The fraction of sp³-hybridized carbons (Fsp3) is 0.667. The second-order valence-corrected chi connectivity index (χ2v) is 7.40. The summed E-state index contributed by atoms with van der Waals surface area (Å²) in [5.41, 5.74) is 2.29. The van der Waals surface area contributed by atoms with Crippen LogP contribution in [0.1, 0.15) is 31.9 Å². The van der Waals surface area contributed by atoms with E-state index in [0.717, 1.165) is 36.7 Å². The van der Waals surface area contributed by atoms with Gasteiger partial charge in [-0.2, -0.15) is 5.10 Å². The Bertz CT molecular complexity index is 694. The molecule has 4 rings (SSSR count). The summed E-state index contributed by atoms with van der Waals surface area (Å²) < 4.78 is 2.00. The molecule has 2 saturated heterocycles. The number of likely N-dealkylation sites (tertiary alicyclic amines) is 1. The molecule has 138 valence electrons. The zero-order valence-electron chi connectivity index (χ0n) is 15.2. The van der Waals surface area contributed by atoms with Crippen LogP contribution in [0.15, 0.2) is 18.5 Å². The Labute approximate surface area is 156 Å². The molecule has 0 spiro atoms. The molecule has 0 amide bonds. The average molecular weight is 365 g/mol. The Hall–Kier alpha value is -1.21. The van der Waals surface area contributed by atoms with Gasteiger partial charge in [-0.25, -0.2) is 9.67 Å². The summed E-state index contributed by atoms with van der Waals surface area (Å²) in [7, 11) is 0. The monoisotopic (exact) mass is 364 g/mol. The maximum Gasteiger partial charge on any atom is 0.157 e. The van der Waals surface area contributed by atoms with Gasteiger partial charge in [-0.15, -0.1) is 12.4 Å². The van der Waals surface area contributed by atoms with Crippen molar-refractivity contribution in [1.82, 2.24) is 29.9 Å². The van der Waals surface area contributed by atoms with Crippen molar-refractivity contribution in [2.24, 2.45) is 0 Å². The van der Waals surface area contributed by atoms with E-state index in [1.54, 1.807) is 0 Å². The molecule has 2 aromatic heterocycles. The van der Waals surface area contributed by atoms with Crippen LogP contribution < -0.4 is 5.32 Å². The van der Waals surface area contributed by atoms with Gasteiger partial charge in [0, 0.05) is 69.5 Å². The number of rotatable bonds is 4. The average Bonchev–Trinajstić information content (AvgIpc) is 3.22. The van der Waals surface area contributed by atoms with E-state index in [9.17, 15) is 0 Å². The van der Waals surface area contributed by atoms with Crippen LogP contribution in [0, 0.1) is 0 Å². The number of nitrogens with zero attached hydrogens (tertiary/aromatic N) is 5. The number of piperazine rings is 1. The molecule has 0 aromatic carbocycles.